The van der Waals surface area contributed by atoms with Crippen LogP contribution in [0.2, 0.25) is 0 Å². The van der Waals surface area contributed by atoms with Crippen molar-refractivity contribution < 1.29 is 22.7 Å². The molecule has 0 saturated heterocycles. The number of oxazole rings is 1. The number of hydrogen-bond acceptors (Lipinski definition) is 7. The summed E-state index contributed by atoms with van der Waals surface area (Å²) in [6, 6.07) is 0. The van der Waals surface area contributed by atoms with Gasteiger partial charge in [0.05, 0.1) is 5.56 Å². The maximum Gasteiger partial charge on any atom is 0.357 e. The minimum absolute atomic E-state index is 0.00690. The van der Waals surface area contributed by atoms with Crippen molar-refractivity contribution >= 4 is 15.8 Å². The van der Waals surface area contributed by atoms with Gasteiger partial charge in [0, 0.05) is 18.6 Å². The Hall–Kier alpha value is -2.29. The SMILES string of the molecule is CS(=O)(=O)c1ncc(-c2nc(C(=O)O)co2)cn1. The number of carboxylic acid groups (broad SMARTS) is 1. The number of aromatic nitrogens is 3. The molecule has 18 heavy (non-hydrogen) atoms. The topological polar surface area (TPSA) is 123 Å². The molecular weight excluding hydrogens is 262 g/mol. The van der Waals surface area contributed by atoms with Crippen molar-refractivity contribution in [2.75, 3.05) is 6.26 Å². The Morgan fingerprint density at radius 2 is 1.94 bits per heavy atom. The molecule has 0 bridgehead atoms. The van der Waals surface area contributed by atoms with Gasteiger partial charge in [0.15, 0.2) is 5.69 Å². The second-order valence-electron chi connectivity index (χ2n) is 3.37. The van der Waals surface area contributed by atoms with E-state index in [0.717, 1.165) is 12.5 Å². The Labute approximate surface area is 101 Å². The van der Waals surface area contributed by atoms with Gasteiger partial charge in [-0.1, -0.05) is 0 Å². The normalized spacial score (nSPS) is 11.4. The van der Waals surface area contributed by atoms with E-state index in [4.69, 9.17) is 9.52 Å². The molecule has 94 valence electrons. The number of nitrogens with zero attached hydrogens (tertiary/aromatic N) is 3. The summed E-state index contributed by atoms with van der Waals surface area (Å²) in [6.45, 7) is 0. The first-order valence-corrected chi connectivity index (χ1v) is 6.48. The van der Waals surface area contributed by atoms with Crippen LogP contribution >= 0.6 is 0 Å². The summed E-state index contributed by atoms with van der Waals surface area (Å²) in [5.74, 6) is -1.22. The fraction of sp³-hybridized carbons (Fsp3) is 0.111. The molecule has 0 aromatic carbocycles. The van der Waals surface area contributed by atoms with Crippen molar-refractivity contribution in [1.82, 2.24) is 15.0 Å². The smallest absolute Gasteiger partial charge is 0.357 e. The van der Waals surface area contributed by atoms with Crippen molar-refractivity contribution in [1.29, 1.82) is 0 Å². The van der Waals surface area contributed by atoms with Crippen molar-refractivity contribution in [3.05, 3.63) is 24.4 Å². The second kappa shape index (κ2) is 4.18. The predicted octanol–water partition coefficient (Wildman–Crippen LogP) is 0.233. The highest BCUT2D eigenvalue weighted by Gasteiger charge is 2.15. The Balaban J connectivity index is 2.37. The molecule has 0 saturated carbocycles. The van der Waals surface area contributed by atoms with Crippen LogP contribution in [0.25, 0.3) is 11.5 Å². The molecule has 0 unspecified atom stereocenters. The van der Waals surface area contributed by atoms with E-state index in [1.165, 1.54) is 12.4 Å². The van der Waals surface area contributed by atoms with Crippen molar-refractivity contribution in [3.63, 3.8) is 0 Å². The largest absolute Gasteiger partial charge is 0.476 e. The number of carbonyl (C=O) groups is 1. The molecule has 0 radical (unpaired) electrons. The zero-order valence-electron chi connectivity index (χ0n) is 9.06. The van der Waals surface area contributed by atoms with Crippen LogP contribution in [0.3, 0.4) is 0 Å². The number of aromatic carboxylic acids is 1. The highest BCUT2D eigenvalue weighted by molar-refractivity contribution is 7.90. The van der Waals surface area contributed by atoms with Gasteiger partial charge in [-0.15, -0.1) is 0 Å². The highest BCUT2D eigenvalue weighted by atomic mass is 32.2. The van der Waals surface area contributed by atoms with Crippen LogP contribution in [0.15, 0.2) is 28.2 Å². The predicted molar refractivity (Wildman–Crippen MR) is 57.6 cm³/mol. The Kier molecular flexibility index (Phi) is 2.83. The minimum atomic E-state index is -3.48. The van der Waals surface area contributed by atoms with Gasteiger partial charge in [0.2, 0.25) is 20.9 Å². The summed E-state index contributed by atoms with van der Waals surface area (Å²) in [5.41, 5.74) is 0.0343. The van der Waals surface area contributed by atoms with Crippen molar-refractivity contribution in [2.45, 2.75) is 5.16 Å². The lowest BCUT2D eigenvalue weighted by molar-refractivity contribution is 0.0690. The number of hydrogen-bond donors (Lipinski definition) is 1. The summed E-state index contributed by atoms with van der Waals surface area (Å²) >= 11 is 0. The van der Waals surface area contributed by atoms with Gasteiger partial charge >= 0.3 is 5.97 Å². The zero-order chi connectivity index (χ0) is 13.3. The monoisotopic (exact) mass is 269 g/mol. The molecule has 8 nitrogen and oxygen atoms in total. The molecule has 1 N–H and O–H groups in total. The molecule has 2 aromatic heterocycles. The Bertz CT molecular complexity index is 689. The summed E-state index contributed by atoms with van der Waals surface area (Å²) in [5, 5.41) is 8.34. The zero-order valence-corrected chi connectivity index (χ0v) is 9.88. The van der Waals surface area contributed by atoms with Gasteiger partial charge in [-0.2, -0.15) is 0 Å². The lowest BCUT2D eigenvalue weighted by Gasteiger charge is -1.97. The first-order chi connectivity index (χ1) is 8.38. The minimum Gasteiger partial charge on any atom is -0.476 e. The van der Waals surface area contributed by atoms with Gasteiger partial charge in [-0.3, -0.25) is 0 Å². The van der Waals surface area contributed by atoms with Gasteiger partial charge in [0.25, 0.3) is 0 Å². The molecule has 2 heterocycles. The van der Waals surface area contributed by atoms with Crippen LogP contribution in [0.1, 0.15) is 10.5 Å². The molecule has 0 spiro atoms. The van der Waals surface area contributed by atoms with Crippen molar-refractivity contribution in [2.24, 2.45) is 0 Å². The number of rotatable bonds is 3. The molecule has 0 aliphatic heterocycles. The summed E-state index contributed by atoms with van der Waals surface area (Å²) in [4.78, 5) is 21.5. The van der Waals surface area contributed by atoms with Crippen LogP contribution < -0.4 is 0 Å². The Morgan fingerprint density at radius 1 is 1.33 bits per heavy atom. The lowest BCUT2D eigenvalue weighted by atomic mass is 10.3. The summed E-state index contributed by atoms with van der Waals surface area (Å²) < 4.78 is 27.2. The third-order valence-corrected chi connectivity index (χ3v) is 2.80. The molecule has 0 amide bonds. The molecule has 0 aliphatic rings. The van der Waals surface area contributed by atoms with Crippen LogP contribution in [-0.4, -0.2) is 40.7 Å². The van der Waals surface area contributed by atoms with E-state index >= 15 is 0 Å². The highest BCUT2D eigenvalue weighted by Crippen LogP contribution is 2.17. The number of carboxylic acids is 1. The standard InChI is InChI=1S/C9H7N3O5S/c1-18(15,16)9-10-2-5(3-11-9)7-12-6(4-17-7)8(13)14/h2-4H,1H3,(H,13,14). The summed E-state index contributed by atoms with van der Waals surface area (Å²) in [7, 11) is -3.48. The lowest BCUT2D eigenvalue weighted by Crippen LogP contribution is -2.03. The molecule has 2 aromatic rings. The fourth-order valence-electron chi connectivity index (χ4n) is 1.12. The second-order valence-corrected chi connectivity index (χ2v) is 5.28. The average Bonchev–Trinajstić information content (AvgIpc) is 2.77. The van der Waals surface area contributed by atoms with Gasteiger partial charge in [0.1, 0.15) is 6.26 Å². The fourth-order valence-corrected chi connectivity index (χ4v) is 1.61. The number of sulfone groups is 1. The maximum atomic E-state index is 11.1. The van der Waals surface area contributed by atoms with Crippen LogP contribution in [0, 0.1) is 0 Å². The van der Waals surface area contributed by atoms with E-state index in [1.54, 1.807) is 0 Å². The molecule has 2 rings (SSSR count). The quantitative estimate of drug-likeness (QED) is 0.785. The molecule has 0 atom stereocenters. The van der Waals surface area contributed by atoms with E-state index in [0.29, 0.717) is 0 Å². The van der Waals surface area contributed by atoms with E-state index in [-0.39, 0.29) is 22.3 Å². The van der Waals surface area contributed by atoms with Crippen LogP contribution in [-0.2, 0) is 9.84 Å². The van der Waals surface area contributed by atoms with E-state index in [1.807, 2.05) is 0 Å². The Morgan fingerprint density at radius 3 is 2.39 bits per heavy atom. The van der Waals surface area contributed by atoms with Gasteiger partial charge in [-0.25, -0.2) is 28.2 Å². The maximum absolute atomic E-state index is 11.1. The molecule has 0 aliphatic carbocycles. The third-order valence-electron chi connectivity index (χ3n) is 1.93. The van der Waals surface area contributed by atoms with Gasteiger partial charge in [-0.05, 0) is 0 Å². The first-order valence-electron chi connectivity index (χ1n) is 4.59. The van der Waals surface area contributed by atoms with Crippen LogP contribution in [0.5, 0.6) is 0 Å². The van der Waals surface area contributed by atoms with E-state index in [2.05, 4.69) is 15.0 Å². The van der Waals surface area contributed by atoms with E-state index < -0.39 is 15.8 Å². The molecule has 0 fully saturated rings. The van der Waals surface area contributed by atoms with Crippen LogP contribution in [0.4, 0.5) is 0 Å². The third kappa shape index (κ3) is 2.35. The first kappa shape index (κ1) is 12.2. The molecule has 9 heteroatoms. The average molecular weight is 269 g/mol. The van der Waals surface area contributed by atoms with Crippen molar-refractivity contribution in [3.8, 4) is 11.5 Å². The van der Waals surface area contributed by atoms with Gasteiger partial charge < -0.3 is 9.52 Å². The van der Waals surface area contributed by atoms with E-state index in [9.17, 15) is 13.2 Å². The summed E-state index contributed by atoms with van der Waals surface area (Å²) in [6.07, 6.45) is 4.35. The molecular formula is C9H7N3O5S.